The summed E-state index contributed by atoms with van der Waals surface area (Å²) in [5, 5.41) is 7.37. The lowest BCUT2D eigenvalue weighted by Crippen LogP contribution is -2.15. The molecule has 0 aromatic heterocycles. The molecule has 2 aromatic carbocycles. The van der Waals surface area contributed by atoms with E-state index in [0.717, 1.165) is 16.9 Å². The molecule has 0 spiro atoms. The van der Waals surface area contributed by atoms with Crippen LogP contribution in [-0.2, 0) is 0 Å². The van der Waals surface area contributed by atoms with Gasteiger partial charge < -0.3 is 20.6 Å². The standard InChI is InChI=1S/C20H19FN4OS2/c1-26-16-9-10-17(21)19(11-16)27-28-25-15-7-5-13(6-8-15)18-4-2-3-14(12-22)20(23)24-18/h3-12,22,25H,2H2,1H3,(H2,23,24). The van der Waals surface area contributed by atoms with E-state index in [0.29, 0.717) is 28.5 Å². The molecule has 0 saturated carbocycles. The number of rotatable bonds is 7. The van der Waals surface area contributed by atoms with Crippen LogP contribution in [-0.4, -0.2) is 19.2 Å². The molecule has 0 amide bonds. The fourth-order valence-electron chi connectivity index (χ4n) is 2.45. The van der Waals surface area contributed by atoms with Gasteiger partial charge in [0.2, 0.25) is 0 Å². The quantitative estimate of drug-likeness (QED) is 0.326. The third kappa shape index (κ3) is 4.96. The first-order chi connectivity index (χ1) is 13.6. The second-order valence-electron chi connectivity index (χ2n) is 5.77. The first kappa shape index (κ1) is 20.0. The molecule has 1 aliphatic rings. The summed E-state index contributed by atoms with van der Waals surface area (Å²) in [5.74, 6) is 0.670. The highest BCUT2D eigenvalue weighted by atomic mass is 33.1. The van der Waals surface area contributed by atoms with Crippen molar-refractivity contribution in [1.82, 2.24) is 0 Å². The Morgan fingerprint density at radius 1 is 1.21 bits per heavy atom. The normalized spacial score (nSPS) is 13.7. The summed E-state index contributed by atoms with van der Waals surface area (Å²) in [5.41, 5.74) is 9.15. The van der Waals surface area contributed by atoms with E-state index in [9.17, 15) is 4.39 Å². The number of aliphatic imine (C=N–C) groups is 1. The van der Waals surface area contributed by atoms with Crippen LogP contribution < -0.4 is 15.2 Å². The lowest BCUT2D eigenvalue weighted by atomic mass is 10.1. The van der Waals surface area contributed by atoms with Crippen molar-refractivity contribution in [3.8, 4) is 5.75 Å². The SMILES string of the molecule is COc1ccc(F)c(SSNc2ccc(C3=CCC=C(C=N)C(N)=N3)cc2)c1. The van der Waals surface area contributed by atoms with E-state index >= 15 is 0 Å². The molecule has 144 valence electrons. The van der Waals surface area contributed by atoms with Crippen LogP contribution in [0.5, 0.6) is 5.75 Å². The van der Waals surface area contributed by atoms with Gasteiger partial charge in [0.25, 0.3) is 0 Å². The largest absolute Gasteiger partial charge is 0.497 e. The van der Waals surface area contributed by atoms with Gasteiger partial charge in [0.15, 0.2) is 0 Å². The first-order valence-corrected chi connectivity index (χ1v) is 10.5. The molecule has 0 saturated heterocycles. The van der Waals surface area contributed by atoms with Crippen LogP contribution in [0, 0.1) is 11.2 Å². The Balaban J connectivity index is 1.62. The summed E-state index contributed by atoms with van der Waals surface area (Å²) in [6.07, 6.45) is 5.73. The molecule has 1 aliphatic heterocycles. The molecule has 0 aliphatic carbocycles. The van der Waals surface area contributed by atoms with Crippen molar-refractivity contribution in [2.75, 3.05) is 11.8 Å². The molecule has 0 unspecified atom stereocenters. The Morgan fingerprint density at radius 3 is 2.71 bits per heavy atom. The van der Waals surface area contributed by atoms with Crippen LogP contribution in [0.1, 0.15) is 12.0 Å². The summed E-state index contributed by atoms with van der Waals surface area (Å²) < 4.78 is 22.1. The second-order valence-corrected chi connectivity index (χ2v) is 7.75. The van der Waals surface area contributed by atoms with Gasteiger partial charge in [-0.25, -0.2) is 9.38 Å². The maximum atomic E-state index is 13.8. The molecule has 3 rings (SSSR count). The minimum absolute atomic E-state index is 0.288. The van der Waals surface area contributed by atoms with E-state index in [1.165, 1.54) is 34.1 Å². The van der Waals surface area contributed by atoms with Gasteiger partial charge in [-0.15, -0.1) is 0 Å². The van der Waals surface area contributed by atoms with Gasteiger partial charge in [-0.05, 0) is 47.5 Å². The van der Waals surface area contributed by atoms with E-state index in [4.69, 9.17) is 15.9 Å². The third-order valence-electron chi connectivity index (χ3n) is 3.95. The Morgan fingerprint density at radius 2 is 2.00 bits per heavy atom. The topological polar surface area (TPSA) is 83.5 Å². The maximum Gasteiger partial charge on any atom is 0.137 e. The van der Waals surface area contributed by atoms with Gasteiger partial charge in [0, 0.05) is 34.0 Å². The summed E-state index contributed by atoms with van der Waals surface area (Å²) >= 11 is 0. The number of allylic oxidation sites excluding steroid dienone is 2. The molecular weight excluding hydrogens is 395 g/mol. The molecule has 8 heteroatoms. The highest BCUT2D eigenvalue weighted by Gasteiger charge is 2.08. The highest BCUT2D eigenvalue weighted by Crippen LogP contribution is 2.35. The van der Waals surface area contributed by atoms with Crippen LogP contribution in [0.2, 0.25) is 0 Å². The third-order valence-corrected chi connectivity index (χ3v) is 5.88. The molecule has 0 radical (unpaired) electrons. The number of hydrogen-bond acceptors (Lipinski definition) is 7. The minimum Gasteiger partial charge on any atom is -0.497 e. The van der Waals surface area contributed by atoms with Gasteiger partial charge in [-0.2, -0.15) is 0 Å². The number of benzene rings is 2. The Kier molecular flexibility index (Phi) is 6.78. The van der Waals surface area contributed by atoms with Gasteiger partial charge in [0.1, 0.15) is 17.4 Å². The van der Waals surface area contributed by atoms with Crippen molar-refractivity contribution in [3.05, 3.63) is 71.6 Å². The van der Waals surface area contributed by atoms with Crippen molar-refractivity contribution in [2.24, 2.45) is 10.7 Å². The maximum absolute atomic E-state index is 13.8. The van der Waals surface area contributed by atoms with Crippen LogP contribution in [0.3, 0.4) is 0 Å². The molecule has 28 heavy (non-hydrogen) atoms. The minimum atomic E-state index is -0.288. The van der Waals surface area contributed by atoms with Gasteiger partial charge in [-0.3, -0.25) is 0 Å². The van der Waals surface area contributed by atoms with Gasteiger partial charge in [0.05, 0.1) is 17.7 Å². The first-order valence-electron chi connectivity index (χ1n) is 8.39. The molecular formula is C20H19FN4OS2. The fraction of sp³-hybridized carbons (Fsp3) is 0.100. The number of nitrogens with two attached hydrogens (primary N) is 1. The van der Waals surface area contributed by atoms with E-state index in [-0.39, 0.29) is 5.82 Å². The van der Waals surface area contributed by atoms with Crippen molar-refractivity contribution < 1.29 is 9.13 Å². The van der Waals surface area contributed by atoms with Gasteiger partial charge in [-0.1, -0.05) is 24.3 Å². The highest BCUT2D eigenvalue weighted by molar-refractivity contribution is 8.77. The number of ether oxygens (including phenoxy) is 1. The Bertz CT molecular complexity index is 955. The number of halogens is 1. The molecule has 0 fully saturated rings. The zero-order valence-electron chi connectivity index (χ0n) is 15.1. The molecule has 5 nitrogen and oxygen atoms in total. The summed E-state index contributed by atoms with van der Waals surface area (Å²) in [4.78, 5) is 4.91. The predicted molar refractivity (Wildman–Crippen MR) is 118 cm³/mol. The smallest absolute Gasteiger partial charge is 0.137 e. The Labute approximate surface area is 171 Å². The van der Waals surface area contributed by atoms with Crippen molar-refractivity contribution in [2.45, 2.75) is 11.3 Å². The summed E-state index contributed by atoms with van der Waals surface area (Å²) in [6.45, 7) is 0. The molecule has 2 aromatic rings. The zero-order valence-corrected chi connectivity index (χ0v) is 16.7. The van der Waals surface area contributed by atoms with E-state index in [1.54, 1.807) is 19.2 Å². The number of methoxy groups -OCH3 is 1. The average Bonchev–Trinajstić information content (AvgIpc) is 2.91. The predicted octanol–water partition coefficient (Wildman–Crippen LogP) is 5.28. The van der Waals surface area contributed by atoms with Crippen LogP contribution in [0.15, 0.2) is 70.1 Å². The summed E-state index contributed by atoms with van der Waals surface area (Å²) in [7, 11) is 4.15. The van der Waals surface area contributed by atoms with Crippen molar-refractivity contribution >= 4 is 45.2 Å². The Hall–Kier alpha value is -2.71. The number of nitrogens with zero attached hydrogens (tertiary/aromatic N) is 1. The van der Waals surface area contributed by atoms with Crippen molar-refractivity contribution in [3.63, 3.8) is 0 Å². The lowest BCUT2D eigenvalue weighted by molar-refractivity contribution is 0.411. The zero-order chi connectivity index (χ0) is 19.9. The van der Waals surface area contributed by atoms with E-state index in [1.807, 2.05) is 36.4 Å². The van der Waals surface area contributed by atoms with E-state index in [2.05, 4.69) is 9.71 Å². The second kappa shape index (κ2) is 9.48. The number of nitrogens with one attached hydrogen (secondary N) is 2. The molecule has 4 N–H and O–H groups in total. The van der Waals surface area contributed by atoms with E-state index < -0.39 is 0 Å². The van der Waals surface area contributed by atoms with Crippen LogP contribution in [0.25, 0.3) is 5.70 Å². The van der Waals surface area contributed by atoms with Crippen LogP contribution >= 0.6 is 21.8 Å². The molecule has 1 heterocycles. The van der Waals surface area contributed by atoms with Crippen LogP contribution in [0.4, 0.5) is 10.1 Å². The summed E-state index contributed by atoms with van der Waals surface area (Å²) in [6, 6.07) is 12.4. The number of amidine groups is 1. The number of hydrogen-bond donors (Lipinski definition) is 3. The van der Waals surface area contributed by atoms with Gasteiger partial charge >= 0.3 is 0 Å². The van der Waals surface area contributed by atoms with Crippen molar-refractivity contribution in [1.29, 1.82) is 5.41 Å². The molecule has 0 bridgehead atoms. The molecule has 0 atom stereocenters. The average molecular weight is 415 g/mol. The lowest BCUT2D eigenvalue weighted by Gasteiger charge is -2.08. The number of anilines is 1. The monoisotopic (exact) mass is 414 g/mol. The fourth-order valence-corrected chi connectivity index (χ4v) is 4.20.